The van der Waals surface area contributed by atoms with Crippen molar-refractivity contribution in [3.05, 3.63) is 231 Å². The summed E-state index contributed by atoms with van der Waals surface area (Å²) in [7, 11) is 0. The first kappa shape index (κ1) is 40.2. The van der Waals surface area contributed by atoms with Gasteiger partial charge in [-0.2, -0.15) is 0 Å². The number of hydrogen-bond donors (Lipinski definition) is 1. The van der Waals surface area contributed by atoms with Gasteiger partial charge in [-0.25, -0.2) is 9.98 Å². The lowest BCUT2D eigenvalue weighted by atomic mass is 9.70. The van der Waals surface area contributed by atoms with E-state index in [9.17, 15) is 0 Å². The highest BCUT2D eigenvalue weighted by Crippen LogP contribution is 2.45. The molecule has 0 radical (unpaired) electrons. The number of rotatable bonds is 5. The van der Waals surface area contributed by atoms with Crippen molar-refractivity contribution in [2.45, 2.75) is 50.7 Å². The maximum absolute atomic E-state index is 5.76. The number of fused-ring (bicyclic) bond motifs is 11. The van der Waals surface area contributed by atoms with Gasteiger partial charge >= 0.3 is 0 Å². The van der Waals surface area contributed by atoms with Gasteiger partial charge in [-0.15, -0.1) is 0 Å². The summed E-state index contributed by atoms with van der Waals surface area (Å²) >= 11 is 0. The van der Waals surface area contributed by atoms with Gasteiger partial charge in [0.05, 0.1) is 16.9 Å². The average molecular weight is 904 g/mol. The van der Waals surface area contributed by atoms with Crippen LogP contribution in [0, 0.1) is 29.6 Å². The maximum Gasteiger partial charge on any atom is 0.166 e. The second-order valence-electron chi connectivity index (χ2n) is 20.6. The Kier molecular flexibility index (Phi) is 9.12. The molecular weight excluding hydrogens is 851 g/mol. The van der Waals surface area contributed by atoms with E-state index in [4.69, 9.17) is 9.98 Å². The molecule has 1 N–H and O–H groups in total. The zero-order valence-electron chi connectivity index (χ0n) is 39.1. The van der Waals surface area contributed by atoms with Crippen LogP contribution in [-0.2, 0) is 6.42 Å². The molecule has 0 bridgehead atoms. The normalized spacial score (nSPS) is 26.7. The van der Waals surface area contributed by atoms with Gasteiger partial charge in [-0.3, -0.25) is 0 Å². The molecule has 3 heterocycles. The molecule has 15 rings (SSSR count). The molecule has 4 aromatic carbocycles. The van der Waals surface area contributed by atoms with E-state index in [2.05, 4.69) is 215 Å². The number of para-hydroxylation sites is 1. The van der Waals surface area contributed by atoms with Crippen molar-refractivity contribution >= 4 is 74.3 Å². The van der Waals surface area contributed by atoms with E-state index >= 15 is 0 Å². The lowest BCUT2D eigenvalue weighted by molar-refractivity contribution is 0.541. The number of hydrogen-bond acceptors (Lipinski definition) is 3. The largest absolute Gasteiger partial charge is 0.333 e. The molecule has 8 aliphatic carbocycles. The Hall–Kier alpha value is -7.76. The SMILES string of the molecule is C1=CCC2C=c3c4c(n(C5=c6ccccc6=CC(C6=NC(C7=CC8=C(C=CCC8)C8C=CC=CC78)N=C(C7C=CC=CC7)N6)C5)c3=CC2=C1)CC(n1c2ccccc2c2cc3ccccc3cc21)C=C4. The van der Waals surface area contributed by atoms with Crippen LogP contribution < -0.4 is 26.3 Å². The smallest absolute Gasteiger partial charge is 0.166 e. The molecule has 70 heavy (non-hydrogen) atoms. The summed E-state index contributed by atoms with van der Waals surface area (Å²) in [4.78, 5) is 11.3. The molecule has 0 saturated heterocycles. The van der Waals surface area contributed by atoms with Crippen molar-refractivity contribution in [1.82, 2.24) is 14.5 Å². The first-order chi connectivity index (χ1) is 34.7. The third kappa shape index (κ3) is 6.30. The van der Waals surface area contributed by atoms with Gasteiger partial charge in [-0.05, 0) is 88.2 Å². The third-order valence-corrected chi connectivity index (χ3v) is 16.7. The van der Waals surface area contributed by atoms with Gasteiger partial charge in [0.25, 0.3) is 0 Å². The van der Waals surface area contributed by atoms with Crippen LogP contribution in [0.25, 0.3) is 62.6 Å². The van der Waals surface area contributed by atoms with Crippen LogP contribution in [0.2, 0.25) is 0 Å². The van der Waals surface area contributed by atoms with Gasteiger partial charge in [0.1, 0.15) is 11.7 Å². The zero-order chi connectivity index (χ0) is 45.9. The van der Waals surface area contributed by atoms with Crippen LogP contribution in [0.5, 0.6) is 0 Å². The fourth-order valence-electron chi connectivity index (χ4n) is 13.4. The number of amidine groups is 2. The van der Waals surface area contributed by atoms with Gasteiger partial charge < -0.3 is 14.5 Å². The Morgan fingerprint density at radius 1 is 0.629 bits per heavy atom. The van der Waals surface area contributed by atoms with E-state index in [1.54, 1.807) is 0 Å². The van der Waals surface area contributed by atoms with Crippen molar-refractivity contribution in [3.8, 4) is 0 Å². The molecule has 5 nitrogen and oxygen atoms in total. The summed E-state index contributed by atoms with van der Waals surface area (Å²) in [6, 6.07) is 31.9. The molecule has 2 aromatic heterocycles. The van der Waals surface area contributed by atoms with Crippen LogP contribution >= 0.6 is 0 Å². The van der Waals surface area contributed by atoms with Crippen molar-refractivity contribution in [2.75, 3.05) is 0 Å². The molecule has 9 aliphatic rings. The third-order valence-electron chi connectivity index (χ3n) is 16.7. The molecule has 7 atom stereocenters. The first-order valence-corrected chi connectivity index (χ1v) is 25.6. The molecule has 0 amide bonds. The van der Waals surface area contributed by atoms with Crippen LogP contribution in [-0.4, -0.2) is 27.0 Å². The Morgan fingerprint density at radius 2 is 1.43 bits per heavy atom. The quantitative estimate of drug-likeness (QED) is 0.184. The Labute approximate surface area is 407 Å². The van der Waals surface area contributed by atoms with E-state index in [0.717, 1.165) is 50.2 Å². The molecule has 7 unspecified atom stereocenters. The number of allylic oxidation sites excluding steroid dienone is 17. The number of aromatic nitrogens is 2. The van der Waals surface area contributed by atoms with E-state index in [1.807, 2.05) is 0 Å². The van der Waals surface area contributed by atoms with Gasteiger partial charge in [0.2, 0.25) is 0 Å². The minimum absolute atomic E-state index is 0.00146. The zero-order valence-corrected chi connectivity index (χ0v) is 39.1. The van der Waals surface area contributed by atoms with Gasteiger partial charge in [0.15, 0.2) is 6.17 Å². The lowest BCUT2D eigenvalue weighted by Gasteiger charge is -2.38. The van der Waals surface area contributed by atoms with Crippen LogP contribution in [0.3, 0.4) is 0 Å². The number of benzene rings is 4. The molecule has 0 spiro atoms. The molecule has 1 aliphatic heterocycles. The molecule has 338 valence electrons. The van der Waals surface area contributed by atoms with Crippen molar-refractivity contribution in [2.24, 2.45) is 39.6 Å². The summed E-state index contributed by atoms with van der Waals surface area (Å²) < 4.78 is 5.33. The maximum atomic E-state index is 5.76. The minimum Gasteiger partial charge on any atom is -0.333 e. The molecule has 5 heteroatoms. The number of nitrogens with zero attached hydrogens (tertiary/aromatic N) is 4. The lowest BCUT2D eigenvalue weighted by Crippen LogP contribution is -2.47. The average Bonchev–Trinajstić information content (AvgIpc) is 3.92. The summed E-state index contributed by atoms with van der Waals surface area (Å²) in [6.45, 7) is 0. The molecule has 0 fully saturated rings. The standard InChI is InChI=1S/C65H53N5/c1-2-16-40(17-3-1)63-66-64(68-65(67-63)57-35-46-23-8-10-24-49(46)51-26-12-13-27-52(51)57)47-32-45-22-9-11-25-50(45)59(38-47)70-61-37-44-21-7-5-19-42(44)34-56(61)54-31-30-48(39-62(54)70)69-58-29-15-14-28-53(58)55-33-41-18-4-6-20-43(41)36-60(55)69/h1-7,9-16,18,20-22,24-37,40,42,47-48,51-52,65H,8,17,19,23,38-39H2,(H,66,67,68). The fraction of sp³-hybridized carbons (Fsp3) is 0.200. The topological polar surface area (TPSA) is 46.6 Å². The molecule has 6 aromatic rings. The van der Waals surface area contributed by atoms with Crippen molar-refractivity contribution < 1.29 is 0 Å². The van der Waals surface area contributed by atoms with Gasteiger partial charge in [0, 0.05) is 86.1 Å². The predicted molar refractivity (Wildman–Crippen MR) is 291 cm³/mol. The van der Waals surface area contributed by atoms with Crippen molar-refractivity contribution in [1.29, 1.82) is 0 Å². The van der Waals surface area contributed by atoms with E-state index < -0.39 is 0 Å². The van der Waals surface area contributed by atoms with Gasteiger partial charge in [-0.1, -0.05) is 176 Å². The summed E-state index contributed by atoms with van der Waals surface area (Å²) in [5.74, 6) is 3.10. The van der Waals surface area contributed by atoms with Crippen molar-refractivity contribution in [3.63, 3.8) is 0 Å². The monoisotopic (exact) mass is 903 g/mol. The van der Waals surface area contributed by atoms with Crippen LogP contribution in [0.1, 0.15) is 49.4 Å². The minimum atomic E-state index is -0.310. The second kappa shape index (κ2) is 15.9. The second-order valence-corrected chi connectivity index (χ2v) is 20.6. The molecule has 0 saturated carbocycles. The van der Waals surface area contributed by atoms with E-state index in [0.29, 0.717) is 11.8 Å². The van der Waals surface area contributed by atoms with Crippen LogP contribution in [0.15, 0.2) is 208 Å². The van der Waals surface area contributed by atoms with E-state index in [1.165, 1.54) is 92.8 Å². The number of nitrogens with one attached hydrogen (secondary N) is 1. The number of aliphatic imine (C=N–C) groups is 2. The Morgan fingerprint density at radius 3 is 2.34 bits per heavy atom. The highest BCUT2D eigenvalue weighted by atomic mass is 15.2. The fourth-order valence-corrected chi connectivity index (χ4v) is 13.4. The van der Waals surface area contributed by atoms with Crippen LogP contribution in [0.4, 0.5) is 0 Å². The Bertz CT molecular complexity index is 3970. The molecular formula is C65H53N5. The highest BCUT2D eigenvalue weighted by molar-refractivity contribution is 6.13. The summed E-state index contributed by atoms with van der Waals surface area (Å²) in [6.07, 6.45) is 50.3. The first-order valence-electron chi connectivity index (χ1n) is 25.6. The summed E-state index contributed by atoms with van der Waals surface area (Å²) in [5.41, 5.74) is 12.3. The van der Waals surface area contributed by atoms with E-state index in [-0.39, 0.29) is 30.0 Å². The Balaban J connectivity index is 0.897. The highest BCUT2D eigenvalue weighted by Gasteiger charge is 2.38. The summed E-state index contributed by atoms with van der Waals surface area (Å²) in [5, 5.41) is 14.3. The predicted octanol–water partition coefficient (Wildman–Crippen LogP) is 10.9.